The van der Waals surface area contributed by atoms with Gasteiger partial charge in [-0.3, -0.25) is 19.4 Å². The first-order chi connectivity index (χ1) is 26.3. The Morgan fingerprint density at radius 1 is 0.964 bits per heavy atom. The van der Waals surface area contributed by atoms with E-state index >= 15 is 0 Å². The molecule has 16 heteroatoms. The molecule has 5 atom stereocenters. The van der Waals surface area contributed by atoms with Gasteiger partial charge in [0.05, 0.1) is 6.61 Å². The Bertz CT molecular complexity index is 1890. The predicted octanol–water partition coefficient (Wildman–Crippen LogP) is 4.58. The molecule has 6 rings (SSSR count). The molecule has 3 N–H and O–H groups in total. The lowest BCUT2D eigenvalue weighted by molar-refractivity contribution is -0.251. The number of nitrogens with one attached hydrogen (secondary N) is 2. The molecular formula is C40H58N4O9PSi2+. The van der Waals surface area contributed by atoms with Crippen molar-refractivity contribution in [2.75, 3.05) is 19.7 Å². The van der Waals surface area contributed by atoms with E-state index in [1.807, 2.05) is 94.5 Å². The quantitative estimate of drug-likeness (QED) is 0.113. The van der Waals surface area contributed by atoms with Crippen LogP contribution in [-0.2, 0) is 22.7 Å². The summed E-state index contributed by atoms with van der Waals surface area (Å²) in [6, 6.07) is 20.8. The van der Waals surface area contributed by atoms with Crippen LogP contribution in [0, 0.1) is 6.08 Å². The van der Waals surface area contributed by atoms with Crippen molar-refractivity contribution in [2.24, 2.45) is 0 Å². The zero-order valence-corrected chi connectivity index (χ0v) is 36.8. The lowest BCUT2D eigenvalue weighted by Crippen LogP contribution is -2.68. The molecule has 13 nitrogen and oxygen atoms in total. The van der Waals surface area contributed by atoms with Crippen LogP contribution in [0.3, 0.4) is 0 Å². The van der Waals surface area contributed by atoms with Gasteiger partial charge in [0.25, 0.3) is 25.4 Å². The molecule has 0 spiro atoms. The number of aromatic nitrogens is 2. The first-order valence-electron chi connectivity index (χ1n) is 19.4. The average Bonchev–Trinajstić information content (AvgIpc) is 3.25. The van der Waals surface area contributed by atoms with Crippen LogP contribution in [0.1, 0.15) is 79.9 Å². The maximum absolute atomic E-state index is 12.9. The minimum atomic E-state index is -3.58. The number of allylic oxidation sites excluding steroid dienone is 2. The second kappa shape index (κ2) is 17.8. The van der Waals surface area contributed by atoms with E-state index in [2.05, 4.69) is 42.3 Å². The molecule has 2 saturated heterocycles. The Morgan fingerprint density at radius 2 is 1.59 bits per heavy atom. The van der Waals surface area contributed by atoms with E-state index in [4.69, 9.17) is 18.1 Å². The molecule has 3 aliphatic heterocycles. The number of fused-ring (bicyclic) bond motifs is 1. The second-order valence-electron chi connectivity index (χ2n) is 17.1. The Kier molecular flexibility index (Phi) is 13.9. The highest BCUT2D eigenvalue weighted by Crippen LogP contribution is 2.50. The summed E-state index contributed by atoms with van der Waals surface area (Å²) in [6.07, 6.45) is 6.30. The zero-order chi connectivity index (χ0) is 40.9. The summed E-state index contributed by atoms with van der Waals surface area (Å²) < 4.78 is 39.0. The second-order valence-corrected chi connectivity index (χ2v) is 26.8. The number of aromatic amines is 1. The fourth-order valence-corrected chi connectivity index (χ4v) is 13.9. The van der Waals surface area contributed by atoms with Crippen LogP contribution in [0.15, 0.2) is 88.2 Å². The summed E-state index contributed by atoms with van der Waals surface area (Å²) in [7, 11) is -9.68. The van der Waals surface area contributed by atoms with Crippen molar-refractivity contribution in [1.82, 2.24) is 20.0 Å². The Hall–Kier alpha value is -3.18. The van der Waals surface area contributed by atoms with Crippen LogP contribution < -0.4 is 31.9 Å². The standard InChI is InChI=1S/C31H43N2O9PSi2.C9H15N2/c1-29(2,3)44(7,8)42-31(41-43(37)38)24(40-27(26(31)35)33-20-19-25(34)32-28(33)36)21-39-45(30(4,5)6,22-15-11-9-12-16-22)23-17-13-10-14-18-23;1-3-7-10-11-8-4-2-6-9(11)5-1/h9-20,24,26-27,35H,21H2,1-8H3,(H,32,34,36);10H,1-5,7-8H2/q;+1/t24-,26+,27-,31+;/m1./s1. The molecule has 0 bridgehead atoms. The molecule has 3 aliphatic rings. The summed E-state index contributed by atoms with van der Waals surface area (Å²) in [6.45, 7) is 18.0. The van der Waals surface area contributed by atoms with Gasteiger partial charge in [-0.15, -0.1) is 4.52 Å². The minimum absolute atomic E-state index is 0.253. The topological polar surface area (TPSA) is 167 Å². The molecule has 56 heavy (non-hydrogen) atoms. The molecule has 0 aliphatic carbocycles. The van der Waals surface area contributed by atoms with Gasteiger partial charge >= 0.3 is 13.9 Å². The largest absolute Gasteiger partial charge is 0.566 e. The minimum Gasteiger partial charge on any atom is -0.566 e. The molecule has 1 unspecified atom stereocenters. The summed E-state index contributed by atoms with van der Waals surface area (Å²) in [5.74, 6) is -2.27. The Labute approximate surface area is 333 Å². The van der Waals surface area contributed by atoms with Crippen LogP contribution in [0.25, 0.3) is 0 Å². The molecule has 304 valence electrons. The van der Waals surface area contributed by atoms with E-state index in [1.54, 1.807) is 0 Å². The number of hydrogen-bond donors (Lipinski definition) is 3. The Balaban J connectivity index is 0.000000463. The third-order valence-corrected chi connectivity index (χ3v) is 21.1. The van der Waals surface area contributed by atoms with E-state index in [1.165, 1.54) is 44.1 Å². The van der Waals surface area contributed by atoms with Crippen molar-refractivity contribution in [3.8, 4) is 0 Å². The van der Waals surface area contributed by atoms with Gasteiger partial charge in [0.15, 0.2) is 27.1 Å². The van der Waals surface area contributed by atoms with E-state index in [0.29, 0.717) is 0 Å². The number of nitrogens with zero attached hydrogens (tertiary/aromatic N) is 2. The van der Waals surface area contributed by atoms with Crippen molar-refractivity contribution < 1.29 is 32.7 Å². The van der Waals surface area contributed by atoms with Crippen LogP contribution in [0.4, 0.5) is 0 Å². The lowest BCUT2D eigenvalue weighted by atomic mass is 10.1. The molecule has 2 fully saturated rings. The number of ether oxygens (including phenoxy) is 1. The number of hydrazine groups is 1. The SMILES string of the molecule is CC(C)(C)[Si](C)(C)O[C@@]1(O[P+](=O)[O-])[C@@H](CO[Si](c2ccccc2)(c2ccccc2)C(C)(C)C)O[C@@H](n2ccc(=O)[nH]c2=O)[C@@H]1O.[C+]1=C2CCCCNN2CCC1. The fraction of sp³-hybridized carbons (Fsp3) is 0.550. The molecule has 4 heterocycles. The summed E-state index contributed by atoms with van der Waals surface area (Å²) in [4.78, 5) is 39.2. The number of aliphatic hydroxyl groups excluding tert-OH is 1. The van der Waals surface area contributed by atoms with Crippen LogP contribution >= 0.6 is 8.25 Å². The maximum Gasteiger partial charge on any atom is 0.491 e. The van der Waals surface area contributed by atoms with E-state index in [9.17, 15) is 24.2 Å². The normalized spacial score (nSPS) is 23.5. The van der Waals surface area contributed by atoms with E-state index in [0.717, 1.165) is 34.0 Å². The van der Waals surface area contributed by atoms with Gasteiger partial charge in [0.2, 0.25) is 6.08 Å². The number of aliphatic hydroxyl groups is 1. The summed E-state index contributed by atoms with van der Waals surface area (Å²) in [5, 5.41) is 15.3. The Morgan fingerprint density at radius 3 is 2.14 bits per heavy atom. The third kappa shape index (κ3) is 9.40. The van der Waals surface area contributed by atoms with Crippen LogP contribution in [-0.4, -0.2) is 74.0 Å². The highest BCUT2D eigenvalue weighted by Gasteiger charge is 2.66. The fourth-order valence-electron chi connectivity index (χ4n) is 7.35. The van der Waals surface area contributed by atoms with Crippen LogP contribution in [0.5, 0.6) is 0 Å². The zero-order valence-electron chi connectivity index (χ0n) is 33.9. The van der Waals surface area contributed by atoms with Crippen molar-refractivity contribution in [3.05, 3.63) is 106 Å². The highest BCUT2D eigenvalue weighted by atomic mass is 31.1. The van der Waals surface area contributed by atoms with Crippen molar-refractivity contribution in [1.29, 1.82) is 0 Å². The van der Waals surface area contributed by atoms with E-state index < -0.39 is 70.4 Å². The van der Waals surface area contributed by atoms with Crippen molar-refractivity contribution in [2.45, 2.75) is 121 Å². The van der Waals surface area contributed by atoms with Gasteiger partial charge in [-0.25, -0.2) is 10.2 Å². The van der Waals surface area contributed by atoms with E-state index in [-0.39, 0.29) is 6.61 Å². The maximum atomic E-state index is 12.9. The lowest BCUT2D eigenvalue weighted by Gasteiger charge is -2.46. The number of benzene rings is 2. The molecule has 3 aromatic rings. The molecule has 0 amide bonds. The monoisotopic (exact) mass is 825 g/mol. The van der Waals surface area contributed by atoms with Gasteiger partial charge in [0.1, 0.15) is 6.10 Å². The molecular weight excluding hydrogens is 768 g/mol. The van der Waals surface area contributed by atoms with Gasteiger partial charge in [-0.2, -0.15) is 0 Å². The molecule has 0 radical (unpaired) electrons. The van der Waals surface area contributed by atoms with Crippen molar-refractivity contribution in [3.63, 3.8) is 0 Å². The number of H-pyrrole nitrogens is 1. The van der Waals surface area contributed by atoms with Gasteiger partial charge in [-0.05, 0) is 51.0 Å². The molecule has 0 saturated carbocycles. The van der Waals surface area contributed by atoms with Crippen LogP contribution in [0.2, 0.25) is 23.2 Å². The smallest absolute Gasteiger partial charge is 0.491 e. The average molecular weight is 826 g/mol. The van der Waals surface area contributed by atoms with Gasteiger partial charge < -0.3 is 23.6 Å². The van der Waals surface area contributed by atoms with Gasteiger partial charge in [-0.1, -0.05) is 102 Å². The van der Waals surface area contributed by atoms with Gasteiger partial charge in [0, 0.05) is 38.2 Å². The molecule has 2 aromatic carbocycles. The predicted molar refractivity (Wildman–Crippen MR) is 219 cm³/mol. The summed E-state index contributed by atoms with van der Waals surface area (Å²) in [5.41, 5.74) is 3.33. The number of hydrogen-bond acceptors (Lipinski definition) is 11. The van der Waals surface area contributed by atoms with Crippen molar-refractivity contribution >= 4 is 35.3 Å². The highest BCUT2D eigenvalue weighted by molar-refractivity contribution is 7.30. The molecule has 1 aromatic heterocycles. The first-order valence-corrected chi connectivity index (χ1v) is 25.3. The first kappa shape index (κ1) is 43.9. The number of rotatable bonds is 10. The summed E-state index contributed by atoms with van der Waals surface area (Å²) >= 11 is 0. The third-order valence-electron chi connectivity index (χ3n) is 11.2.